The van der Waals surface area contributed by atoms with Crippen molar-refractivity contribution in [2.75, 3.05) is 5.73 Å². The van der Waals surface area contributed by atoms with Crippen molar-refractivity contribution in [3.63, 3.8) is 0 Å². The molecule has 0 radical (unpaired) electrons. The van der Waals surface area contributed by atoms with Crippen LogP contribution in [0.3, 0.4) is 0 Å². The third kappa shape index (κ3) is 1.51. The summed E-state index contributed by atoms with van der Waals surface area (Å²) in [6.45, 7) is 0. The Labute approximate surface area is 80.3 Å². The molecule has 1 heterocycles. The van der Waals surface area contributed by atoms with Crippen LogP contribution in [-0.2, 0) is 0 Å². The van der Waals surface area contributed by atoms with Gasteiger partial charge >= 0.3 is 0 Å². The quantitative estimate of drug-likeness (QED) is 0.537. The molecule has 0 saturated carbocycles. The van der Waals surface area contributed by atoms with Gasteiger partial charge < -0.3 is 10.8 Å². The fourth-order valence-electron chi connectivity index (χ4n) is 1.15. The van der Waals surface area contributed by atoms with Crippen LogP contribution in [0.5, 0.6) is 5.75 Å². The van der Waals surface area contributed by atoms with Gasteiger partial charge in [-0.2, -0.15) is 0 Å². The molecule has 0 aliphatic heterocycles. The summed E-state index contributed by atoms with van der Waals surface area (Å²) >= 11 is 1.65. The first-order chi connectivity index (χ1) is 6.27. The average molecular weight is 191 g/mol. The number of nitrogens with two attached hydrogens (primary N) is 1. The van der Waals surface area contributed by atoms with Crippen LogP contribution in [0.25, 0.3) is 10.4 Å². The maximum Gasteiger partial charge on any atom is 0.138 e. The van der Waals surface area contributed by atoms with Gasteiger partial charge in [0.15, 0.2) is 0 Å². The molecule has 2 rings (SSSR count). The fraction of sp³-hybridized carbons (Fsp3) is 0. The molecule has 0 saturated heterocycles. The van der Waals surface area contributed by atoms with E-state index >= 15 is 0 Å². The molecule has 1 aromatic heterocycles. The van der Waals surface area contributed by atoms with E-state index in [2.05, 4.69) is 0 Å². The maximum atomic E-state index is 9.22. The molecule has 0 amide bonds. The van der Waals surface area contributed by atoms with Crippen molar-refractivity contribution in [3.8, 4) is 16.2 Å². The van der Waals surface area contributed by atoms with Crippen LogP contribution in [0, 0.1) is 0 Å². The fourth-order valence-corrected chi connectivity index (χ4v) is 1.87. The zero-order valence-electron chi connectivity index (χ0n) is 6.90. The minimum Gasteiger partial charge on any atom is -0.506 e. The van der Waals surface area contributed by atoms with Crippen LogP contribution in [-0.4, -0.2) is 5.11 Å². The van der Waals surface area contributed by atoms with Crippen molar-refractivity contribution in [2.24, 2.45) is 0 Å². The summed E-state index contributed by atoms with van der Waals surface area (Å²) in [5, 5.41) is 11.2. The standard InChI is InChI=1S/C10H9NOS/c11-8-6-7(3-4-9(8)12)10-2-1-5-13-10/h1-6,12H,11H2. The normalized spacial score (nSPS) is 10.2. The second-order valence-electron chi connectivity index (χ2n) is 2.75. The smallest absolute Gasteiger partial charge is 0.138 e. The highest BCUT2D eigenvalue weighted by atomic mass is 32.1. The van der Waals surface area contributed by atoms with Crippen molar-refractivity contribution >= 4 is 17.0 Å². The zero-order chi connectivity index (χ0) is 9.26. The van der Waals surface area contributed by atoms with Crippen molar-refractivity contribution in [1.29, 1.82) is 0 Å². The summed E-state index contributed by atoms with van der Waals surface area (Å²) in [6, 6.07) is 9.27. The minimum atomic E-state index is 0.139. The Morgan fingerprint density at radius 3 is 2.69 bits per heavy atom. The van der Waals surface area contributed by atoms with Gasteiger partial charge in [-0.25, -0.2) is 0 Å². The van der Waals surface area contributed by atoms with Crippen LogP contribution in [0.2, 0.25) is 0 Å². The summed E-state index contributed by atoms with van der Waals surface area (Å²) < 4.78 is 0. The molecule has 3 N–H and O–H groups in total. The number of nitrogen functional groups attached to an aromatic ring is 1. The van der Waals surface area contributed by atoms with Gasteiger partial charge in [0.2, 0.25) is 0 Å². The molecule has 3 heteroatoms. The van der Waals surface area contributed by atoms with Gasteiger partial charge in [-0.15, -0.1) is 11.3 Å². The number of anilines is 1. The lowest BCUT2D eigenvalue weighted by Crippen LogP contribution is -1.85. The van der Waals surface area contributed by atoms with Crippen LogP contribution >= 0.6 is 11.3 Å². The lowest BCUT2D eigenvalue weighted by molar-refractivity contribution is 0.478. The van der Waals surface area contributed by atoms with E-state index < -0.39 is 0 Å². The molecule has 0 atom stereocenters. The van der Waals surface area contributed by atoms with E-state index in [4.69, 9.17) is 5.73 Å². The molecule has 13 heavy (non-hydrogen) atoms. The van der Waals surface area contributed by atoms with Gasteiger partial charge in [0.25, 0.3) is 0 Å². The predicted molar refractivity (Wildman–Crippen MR) is 55.8 cm³/mol. The van der Waals surface area contributed by atoms with E-state index in [-0.39, 0.29) is 5.75 Å². The molecule has 2 nitrogen and oxygen atoms in total. The molecule has 0 aliphatic rings. The second-order valence-corrected chi connectivity index (χ2v) is 3.70. The molecular weight excluding hydrogens is 182 g/mol. The van der Waals surface area contributed by atoms with Crippen LogP contribution in [0.1, 0.15) is 0 Å². The van der Waals surface area contributed by atoms with E-state index in [0.29, 0.717) is 5.69 Å². The van der Waals surface area contributed by atoms with Crippen molar-refractivity contribution in [3.05, 3.63) is 35.7 Å². The van der Waals surface area contributed by atoms with Gasteiger partial charge in [-0.3, -0.25) is 0 Å². The number of phenolic OH excluding ortho intramolecular Hbond substituents is 1. The number of hydrogen-bond donors (Lipinski definition) is 2. The Morgan fingerprint density at radius 1 is 1.23 bits per heavy atom. The Balaban J connectivity index is 2.49. The first-order valence-electron chi connectivity index (χ1n) is 3.90. The van der Waals surface area contributed by atoms with Crippen LogP contribution in [0.15, 0.2) is 35.7 Å². The van der Waals surface area contributed by atoms with Crippen molar-refractivity contribution < 1.29 is 5.11 Å². The van der Waals surface area contributed by atoms with Gasteiger partial charge in [-0.05, 0) is 35.2 Å². The third-order valence-electron chi connectivity index (χ3n) is 1.83. The first kappa shape index (κ1) is 8.13. The lowest BCUT2D eigenvalue weighted by Gasteiger charge is -2.01. The molecule has 2 aromatic rings. The minimum absolute atomic E-state index is 0.139. The topological polar surface area (TPSA) is 46.2 Å². The van der Waals surface area contributed by atoms with E-state index in [0.717, 1.165) is 10.4 Å². The van der Waals surface area contributed by atoms with Gasteiger partial charge in [0.05, 0.1) is 5.69 Å². The maximum absolute atomic E-state index is 9.22. The largest absolute Gasteiger partial charge is 0.506 e. The van der Waals surface area contributed by atoms with Crippen LogP contribution < -0.4 is 5.73 Å². The van der Waals surface area contributed by atoms with E-state index in [1.165, 1.54) is 0 Å². The number of rotatable bonds is 1. The monoisotopic (exact) mass is 191 g/mol. The number of hydrogen-bond acceptors (Lipinski definition) is 3. The molecular formula is C10H9NOS. The summed E-state index contributed by atoms with van der Waals surface area (Å²) in [4.78, 5) is 1.16. The van der Waals surface area contributed by atoms with E-state index in [9.17, 15) is 5.11 Å². The van der Waals surface area contributed by atoms with Gasteiger partial charge in [-0.1, -0.05) is 6.07 Å². The Hall–Kier alpha value is -1.48. The molecule has 0 bridgehead atoms. The van der Waals surface area contributed by atoms with Gasteiger partial charge in [0, 0.05) is 4.88 Å². The third-order valence-corrected chi connectivity index (χ3v) is 2.75. The second kappa shape index (κ2) is 3.11. The summed E-state index contributed by atoms with van der Waals surface area (Å²) in [6.07, 6.45) is 0. The molecule has 0 spiro atoms. The molecule has 0 unspecified atom stereocenters. The highest BCUT2D eigenvalue weighted by Crippen LogP contribution is 2.29. The zero-order valence-corrected chi connectivity index (χ0v) is 7.71. The van der Waals surface area contributed by atoms with Crippen LogP contribution in [0.4, 0.5) is 5.69 Å². The Morgan fingerprint density at radius 2 is 2.08 bits per heavy atom. The number of thiophene rings is 1. The van der Waals surface area contributed by atoms with Crippen molar-refractivity contribution in [1.82, 2.24) is 0 Å². The Bertz CT molecular complexity index is 409. The lowest BCUT2D eigenvalue weighted by atomic mass is 10.1. The van der Waals surface area contributed by atoms with Gasteiger partial charge in [0.1, 0.15) is 5.75 Å². The highest BCUT2D eigenvalue weighted by Gasteiger charge is 2.01. The van der Waals surface area contributed by atoms with E-state index in [1.54, 1.807) is 23.5 Å². The molecule has 0 aliphatic carbocycles. The summed E-state index contributed by atoms with van der Waals surface area (Å²) in [5.74, 6) is 0.139. The Kier molecular flexibility index (Phi) is 1.94. The summed E-state index contributed by atoms with van der Waals surface area (Å²) in [7, 11) is 0. The first-order valence-corrected chi connectivity index (χ1v) is 4.78. The molecule has 0 fully saturated rings. The van der Waals surface area contributed by atoms with E-state index in [1.807, 2.05) is 23.6 Å². The number of aromatic hydroxyl groups is 1. The molecule has 1 aromatic carbocycles. The highest BCUT2D eigenvalue weighted by molar-refractivity contribution is 7.13. The molecule has 66 valence electrons. The number of phenols is 1. The summed E-state index contributed by atoms with van der Waals surface area (Å²) in [5.41, 5.74) is 7.05. The SMILES string of the molecule is Nc1cc(-c2cccs2)ccc1O. The predicted octanol–water partition coefficient (Wildman–Crippen LogP) is 2.70. The average Bonchev–Trinajstić information content (AvgIpc) is 2.62. The number of benzene rings is 1. The van der Waals surface area contributed by atoms with Crippen molar-refractivity contribution in [2.45, 2.75) is 0 Å².